The Morgan fingerprint density at radius 1 is 1.19 bits per heavy atom. The van der Waals surface area contributed by atoms with E-state index in [-0.39, 0.29) is 5.92 Å². The van der Waals surface area contributed by atoms with Gasteiger partial charge in [0.25, 0.3) is 0 Å². The van der Waals surface area contributed by atoms with Gasteiger partial charge >= 0.3 is 5.97 Å². The molecule has 0 aliphatic rings. The number of para-hydroxylation sites is 2. The average Bonchev–Trinajstić information content (AvgIpc) is 2.39. The lowest BCUT2D eigenvalue weighted by Gasteiger charge is -2.16. The number of carboxylic acids is 1. The highest BCUT2D eigenvalue weighted by atomic mass is 17.2. The topological polar surface area (TPSA) is 85.2 Å². The van der Waals surface area contributed by atoms with Crippen LogP contribution in [-0.4, -0.2) is 35.0 Å². The minimum Gasteiger partial charge on any atom is -0.479 e. The molecule has 6 nitrogen and oxygen atoms in total. The van der Waals surface area contributed by atoms with E-state index in [1.807, 2.05) is 6.92 Å². The second-order valence-electron chi connectivity index (χ2n) is 5.10. The van der Waals surface area contributed by atoms with Crippen molar-refractivity contribution in [1.29, 1.82) is 0 Å². The number of hydrogen-bond acceptors (Lipinski definition) is 5. The zero-order valence-electron chi connectivity index (χ0n) is 12.5. The summed E-state index contributed by atoms with van der Waals surface area (Å²) < 4.78 is 5.28. The third-order valence-electron chi connectivity index (χ3n) is 2.75. The van der Waals surface area contributed by atoms with Gasteiger partial charge < -0.3 is 19.8 Å². The van der Waals surface area contributed by atoms with Crippen molar-refractivity contribution in [2.45, 2.75) is 39.4 Å². The SMILES string of the molecule is CC(O)CC(C)COOc1ccccc1OC(C)C(=O)O. The van der Waals surface area contributed by atoms with E-state index in [0.29, 0.717) is 24.5 Å². The zero-order chi connectivity index (χ0) is 15.8. The number of benzene rings is 1. The summed E-state index contributed by atoms with van der Waals surface area (Å²) in [5, 5.41) is 18.1. The Labute approximate surface area is 124 Å². The number of rotatable bonds is 9. The van der Waals surface area contributed by atoms with Crippen LogP contribution in [-0.2, 0) is 9.68 Å². The molecule has 0 amide bonds. The normalized spacial score (nSPS) is 15.0. The summed E-state index contributed by atoms with van der Waals surface area (Å²) in [4.78, 5) is 21.1. The van der Waals surface area contributed by atoms with E-state index in [4.69, 9.17) is 19.6 Å². The van der Waals surface area contributed by atoms with Crippen LogP contribution >= 0.6 is 0 Å². The molecular formula is C15H22O6. The van der Waals surface area contributed by atoms with Crippen LogP contribution in [0.1, 0.15) is 27.2 Å². The van der Waals surface area contributed by atoms with E-state index in [1.54, 1.807) is 31.2 Å². The van der Waals surface area contributed by atoms with Crippen molar-refractivity contribution in [3.05, 3.63) is 24.3 Å². The molecule has 0 aliphatic heterocycles. The van der Waals surface area contributed by atoms with Gasteiger partial charge in [0, 0.05) is 0 Å². The molecule has 1 aromatic carbocycles. The van der Waals surface area contributed by atoms with Crippen LogP contribution in [0.3, 0.4) is 0 Å². The van der Waals surface area contributed by atoms with Gasteiger partial charge in [0.15, 0.2) is 11.9 Å². The smallest absolute Gasteiger partial charge is 0.344 e. The largest absolute Gasteiger partial charge is 0.479 e. The first-order valence-corrected chi connectivity index (χ1v) is 6.86. The number of carbonyl (C=O) groups is 1. The van der Waals surface area contributed by atoms with Gasteiger partial charge in [0.2, 0.25) is 5.75 Å². The maximum absolute atomic E-state index is 10.8. The van der Waals surface area contributed by atoms with Crippen molar-refractivity contribution in [3.8, 4) is 11.5 Å². The molecule has 0 saturated heterocycles. The predicted octanol–water partition coefficient (Wildman–Crippen LogP) is 2.26. The third-order valence-corrected chi connectivity index (χ3v) is 2.75. The van der Waals surface area contributed by atoms with E-state index < -0.39 is 18.2 Å². The zero-order valence-corrected chi connectivity index (χ0v) is 12.5. The fourth-order valence-corrected chi connectivity index (χ4v) is 1.72. The number of hydrogen-bond donors (Lipinski definition) is 2. The highest BCUT2D eigenvalue weighted by Crippen LogP contribution is 2.27. The fourth-order valence-electron chi connectivity index (χ4n) is 1.72. The molecule has 118 valence electrons. The van der Waals surface area contributed by atoms with Gasteiger partial charge in [0.05, 0.1) is 12.7 Å². The van der Waals surface area contributed by atoms with Gasteiger partial charge in [-0.2, -0.15) is 4.89 Å². The Kier molecular flexibility index (Phi) is 6.98. The van der Waals surface area contributed by atoms with E-state index in [9.17, 15) is 9.90 Å². The second kappa shape index (κ2) is 8.49. The molecule has 2 N–H and O–H groups in total. The van der Waals surface area contributed by atoms with Gasteiger partial charge in [-0.25, -0.2) is 4.79 Å². The molecule has 1 aromatic rings. The van der Waals surface area contributed by atoms with E-state index >= 15 is 0 Å². The van der Waals surface area contributed by atoms with Gasteiger partial charge in [-0.05, 0) is 38.3 Å². The first kappa shape index (κ1) is 17.3. The monoisotopic (exact) mass is 298 g/mol. The maximum Gasteiger partial charge on any atom is 0.344 e. The van der Waals surface area contributed by atoms with E-state index in [2.05, 4.69) is 0 Å². The molecule has 1 rings (SSSR count). The van der Waals surface area contributed by atoms with E-state index in [0.717, 1.165) is 0 Å². The third kappa shape index (κ3) is 6.46. The molecule has 0 bridgehead atoms. The number of ether oxygens (including phenoxy) is 1. The van der Waals surface area contributed by atoms with Crippen molar-refractivity contribution in [1.82, 2.24) is 0 Å². The maximum atomic E-state index is 10.8. The van der Waals surface area contributed by atoms with Crippen molar-refractivity contribution < 1.29 is 29.5 Å². The van der Waals surface area contributed by atoms with E-state index in [1.165, 1.54) is 6.92 Å². The van der Waals surface area contributed by atoms with Crippen molar-refractivity contribution in [3.63, 3.8) is 0 Å². The van der Waals surface area contributed by atoms with Crippen molar-refractivity contribution in [2.24, 2.45) is 5.92 Å². The van der Waals surface area contributed by atoms with Crippen LogP contribution in [0.15, 0.2) is 24.3 Å². The summed E-state index contributed by atoms with van der Waals surface area (Å²) >= 11 is 0. The first-order valence-electron chi connectivity index (χ1n) is 6.86. The average molecular weight is 298 g/mol. The predicted molar refractivity (Wildman–Crippen MR) is 76.2 cm³/mol. The number of aliphatic hydroxyl groups is 1. The van der Waals surface area contributed by atoms with Crippen LogP contribution in [0.25, 0.3) is 0 Å². The fraction of sp³-hybridized carbons (Fsp3) is 0.533. The van der Waals surface area contributed by atoms with Crippen molar-refractivity contribution >= 4 is 5.97 Å². The number of carboxylic acid groups (broad SMARTS) is 1. The minimum atomic E-state index is -1.06. The Bertz CT molecular complexity index is 446. The summed E-state index contributed by atoms with van der Waals surface area (Å²) in [6, 6.07) is 6.68. The van der Waals surface area contributed by atoms with Gasteiger partial charge in [-0.15, -0.1) is 0 Å². The summed E-state index contributed by atoms with van der Waals surface area (Å²) in [5.74, 6) is -0.308. The minimum absolute atomic E-state index is 0.135. The van der Waals surface area contributed by atoms with Gasteiger partial charge in [-0.1, -0.05) is 19.1 Å². The molecule has 0 spiro atoms. The van der Waals surface area contributed by atoms with Crippen LogP contribution in [0.4, 0.5) is 0 Å². The molecule has 0 radical (unpaired) electrons. The summed E-state index contributed by atoms with van der Waals surface area (Å²) in [7, 11) is 0. The molecule has 0 saturated carbocycles. The molecule has 0 heterocycles. The summed E-state index contributed by atoms with van der Waals surface area (Å²) in [6.07, 6.45) is -0.767. The van der Waals surface area contributed by atoms with Gasteiger partial charge in [-0.3, -0.25) is 0 Å². The Hall–Kier alpha value is -1.79. The number of aliphatic hydroxyl groups excluding tert-OH is 1. The highest BCUT2D eigenvalue weighted by Gasteiger charge is 2.16. The summed E-state index contributed by atoms with van der Waals surface area (Å²) in [6.45, 7) is 5.40. The molecule has 3 atom stereocenters. The van der Waals surface area contributed by atoms with Crippen LogP contribution in [0, 0.1) is 5.92 Å². The molecule has 0 aliphatic carbocycles. The molecular weight excluding hydrogens is 276 g/mol. The lowest BCUT2D eigenvalue weighted by molar-refractivity contribution is -0.217. The first-order chi connectivity index (χ1) is 9.90. The highest BCUT2D eigenvalue weighted by molar-refractivity contribution is 5.72. The molecule has 21 heavy (non-hydrogen) atoms. The Morgan fingerprint density at radius 2 is 1.81 bits per heavy atom. The second-order valence-corrected chi connectivity index (χ2v) is 5.10. The lowest BCUT2D eigenvalue weighted by atomic mass is 10.1. The quantitative estimate of drug-likeness (QED) is 0.537. The Balaban J connectivity index is 2.53. The standard InChI is InChI=1S/C15H22O6/c1-10(8-11(2)16)9-19-21-14-7-5-4-6-13(14)20-12(3)15(17)18/h4-7,10-12,16H,8-9H2,1-3H3,(H,17,18). The van der Waals surface area contributed by atoms with Crippen LogP contribution in [0.2, 0.25) is 0 Å². The molecule has 6 heteroatoms. The van der Waals surface area contributed by atoms with Crippen LogP contribution in [0.5, 0.6) is 11.5 Å². The van der Waals surface area contributed by atoms with Crippen LogP contribution < -0.4 is 9.62 Å². The van der Waals surface area contributed by atoms with Crippen molar-refractivity contribution in [2.75, 3.05) is 6.61 Å². The lowest BCUT2D eigenvalue weighted by Crippen LogP contribution is -2.23. The Morgan fingerprint density at radius 3 is 2.38 bits per heavy atom. The molecule has 0 fully saturated rings. The van der Waals surface area contributed by atoms with Gasteiger partial charge in [0.1, 0.15) is 0 Å². The number of aliphatic carboxylic acids is 1. The molecule has 0 aromatic heterocycles. The summed E-state index contributed by atoms with van der Waals surface area (Å²) in [5.41, 5.74) is 0. The molecule has 3 unspecified atom stereocenters.